The van der Waals surface area contributed by atoms with Crippen molar-refractivity contribution in [3.05, 3.63) is 46.1 Å². The van der Waals surface area contributed by atoms with E-state index in [-0.39, 0.29) is 11.0 Å². The van der Waals surface area contributed by atoms with Crippen LogP contribution in [0.3, 0.4) is 0 Å². The molecule has 2 heteroatoms. The standard InChI is InChI=1S/C10H11FO/c1-2-9(11)8-6-4-3-5-7-10(8)12/h3-7,9H,2H2,1H3. The first-order chi connectivity index (χ1) is 5.75. The lowest BCUT2D eigenvalue weighted by Crippen LogP contribution is -2.05. The van der Waals surface area contributed by atoms with Gasteiger partial charge in [-0.25, -0.2) is 4.39 Å². The molecule has 64 valence electrons. The van der Waals surface area contributed by atoms with Crippen LogP contribution in [0.5, 0.6) is 0 Å². The Morgan fingerprint density at radius 1 is 1.33 bits per heavy atom. The quantitative estimate of drug-likeness (QED) is 0.659. The molecule has 0 bridgehead atoms. The van der Waals surface area contributed by atoms with Gasteiger partial charge in [-0.1, -0.05) is 31.2 Å². The summed E-state index contributed by atoms with van der Waals surface area (Å²) in [4.78, 5) is 11.2. The number of hydrogen-bond acceptors (Lipinski definition) is 1. The van der Waals surface area contributed by atoms with Crippen LogP contribution in [0, 0.1) is 0 Å². The molecule has 0 N–H and O–H groups in total. The van der Waals surface area contributed by atoms with Crippen molar-refractivity contribution in [1.29, 1.82) is 0 Å². The molecule has 0 radical (unpaired) electrons. The van der Waals surface area contributed by atoms with E-state index in [4.69, 9.17) is 0 Å². The highest BCUT2D eigenvalue weighted by molar-refractivity contribution is 5.16. The predicted molar refractivity (Wildman–Crippen MR) is 46.9 cm³/mol. The Hall–Kier alpha value is -1.18. The van der Waals surface area contributed by atoms with Crippen molar-refractivity contribution >= 4 is 0 Å². The van der Waals surface area contributed by atoms with Crippen molar-refractivity contribution in [1.82, 2.24) is 0 Å². The van der Waals surface area contributed by atoms with Gasteiger partial charge in [0, 0.05) is 5.56 Å². The fourth-order valence-corrected chi connectivity index (χ4v) is 1.02. The van der Waals surface area contributed by atoms with Gasteiger partial charge in [0.1, 0.15) is 6.17 Å². The van der Waals surface area contributed by atoms with Crippen LogP contribution in [0.2, 0.25) is 0 Å². The van der Waals surface area contributed by atoms with Crippen molar-refractivity contribution in [2.75, 3.05) is 0 Å². The van der Waals surface area contributed by atoms with Crippen LogP contribution in [0.15, 0.2) is 35.1 Å². The second kappa shape index (κ2) is 4.00. The summed E-state index contributed by atoms with van der Waals surface area (Å²) in [5, 5.41) is 0. The van der Waals surface area contributed by atoms with Crippen molar-refractivity contribution in [2.45, 2.75) is 19.5 Å². The molecule has 0 saturated carbocycles. The SMILES string of the molecule is CCC(F)c1cccccc1=O. The largest absolute Gasteiger partial charge is 0.290 e. The molecule has 1 rings (SSSR count). The molecule has 0 heterocycles. The van der Waals surface area contributed by atoms with Gasteiger partial charge in [0.15, 0.2) is 5.43 Å². The summed E-state index contributed by atoms with van der Waals surface area (Å²) in [5.41, 5.74) is 0.0249. The first-order valence-corrected chi connectivity index (χ1v) is 3.99. The normalized spacial score (nSPS) is 12.5. The fourth-order valence-electron chi connectivity index (χ4n) is 1.02. The Labute approximate surface area is 70.9 Å². The van der Waals surface area contributed by atoms with Gasteiger partial charge in [-0.3, -0.25) is 4.79 Å². The number of rotatable bonds is 2. The number of alkyl halides is 1. The maximum absolute atomic E-state index is 13.1. The van der Waals surface area contributed by atoms with Crippen molar-refractivity contribution in [3.8, 4) is 0 Å². The maximum Gasteiger partial charge on any atom is 0.184 e. The fraction of sp³-hybridized carbons (Fsp3) is 0.300. The smallest absolute Gasteiger partial charge is 0.184 e. The van der Waals surface area contributed by atoms with Crippen molar-refractivity contribution in [2.24, 2.45) is 0 Å². The van der Waals surface area contributed by atoms with Gasteiger partial charge in [0.05, 0.1) is 0 Å². The van der Waals surface area contributed by atoms with Crippen molar-refractivity contribution < 1.29 is 4.39 Å². The Balaban J connectivity index is 3.17. The van der Waals surface area contributed by atoms with Crippen LogP contribution in [0.1, 0.15) is 25.1 Å². The predicted octanol–water partition coefficient (Wildman–Crippen LogP) is 2.47. The molecule has 0 amide bonds. The van der Waals surface area contributed by atoms with E-state index in [1.165, 1.54) is 12.1 Å². The minimum absolute atomic E-state index is 0.227. The van der Waals surface area contributed by atoms with Crippen LogP contribution in [-0.4, -0.2) is 0 Å². The molecule has 0 saturated heterocycles. The molecule has 0 aliphatic heterocycles. The third-order valence-corrected chi connectivity index (χ3v) is 1.73. The zero-order chi connectivity index (χ0) is 8.97. The third kappa shape index (κ3) is 1.91. The van der Waals surface area contributed by atoms with Crippen LogP contribution in [-0.2, 0) is 0 Å². The van der Waals surface area contributed by atoms with Gasteiger partial charge in [0.25, 0.3) is 0 Å². The third-order valence-electron chi connectivity index (χ3n) is 1.73. The van der Waals surface area contributed by atoms with E-state index in [0.29, 0.717) is 6.42 Å². The Bertz CT molecular complexity index is 309. The van der Waals surface area contributed by atoms with Gasteiger partial charge in [-0.05, 0) is 12.5 Å². The van der Waals surface area contributed by atoms with Crippen LogP contribution >= 0.6 is 0 Å². The Kier molecular flexibility index (Phi) is 2.97. The van der Waals surface area contributed by atoms with E-state index in [1.54, 1.807) is 25.1 Å². The minimum atomic E-state index is -1.13. The summed E-state index contributed by atoms with van der Waals surface area (Å²) in [6.07, 6.45) is -0.788. The topological polar surface area (TPSA) is 17.1 Å². The minimum Gasteiger partial charge on any atom is -0.290 e. The Morgan fingerprint density at radius 2 is 2.00 bits per heavy atom. The van der Waals surface area contributed by atoms with E-state index in [0.717, 1.165) is 0 Å². The summed E-state index contributed by atoms with van der Waals surface area (Å²) in [7, 11) is 0. The first kappa shape index (κ1) is 8.91. The molecule has 0 aliphatic rings. The first-order valence-electron chi connectivity index (χ1n) is 3.99. The summed E-state index contributed by atoms with van der Waals surface area (Å²) in [6.45, 7) is 1.72. The molecule has 1 nitrogen and oxygen atoms in total. The summed E-state index contributed by atoms with van der Waals surface area (Å²) in [5.74, 6) is 0. The molecule has 1 unspecified atom stereocenters. The second-order valence-electron chi connectivity index (χ2n) is 2.61. The van der Waals surface area contributed by atoms with E-state index >= 15 is 0 Å². The number of halogens is 1. The highest BCUT2D eigenvalue weighted by Gasteiger charge is 2.08. The monoisotopic (exact) mass is 166 g/mol. The summed E-state index contributed by atoms with van der Waals surface area (Å²) >= 11 is 0. The van der Waals surface area contributed by atoms with Crippen LogP contribution in [0.4, 0.5) is 4.39 Å². The van der Waals surface area contributed by atoms with Gasteiger partial charge in [-0.15, -0.1) is 0 Å². The van der Waals surface area contributed by atoms with Crippen molar-refractivity contribution in [3.63, 3.8) is 0 Å². The molecule has 12 heavy (non-hydrogen) atoms. The molecular formula is C10H11FO. The zero-order valence-corrected chi connectivity index (χ0v) is 6.96. The maximum atomic E-state index is 13.1. The highest BCUT2D eigenvalue weighted by atomic mass is 19.1. The lowest BCUT2D eigenvalue weighted by atomic mass is 10.1. The highest BCUT2D eigenvalue weighted by Crippen LogP contribution is 2.15. The molecule has 0 spiro atoms. The lowest BCUT2D eigenvalue weighted by molar-refractivity contribution is 0.333. The molecule has 0 fully saturated rings. The molecule has 1 atom stereocenters. The summed E-state index contributed by atoms with van der Waals surface area (Å²) < 4.78 is 13.1. The van der Waals surface area contributed by atoms with Gasteiger partial charge < -0.3 is 0 Å². The number of hydrogen-bond donors (Lipinski definition) is 0. The van der Waals surface area contributed by atoms with Gasteiger partial charge >= 0.3 is 0 Å². The molecule has 0 aromatic heterocycles. The van der Waals surface area contributed by atoms with E-state index < -0.39 is 6.17 Å². The lowest BCUT2D eigenvalue weighted by Gasteiger charge is -1.99. The average molecular weight is 166 g/mol. The molecular weight excluding hydrogens is 155 g/mol. The molecule has 0 aliphatic carbocycles. The zero-order valence-electron chi connectivity index (χ0n) is 6.96. The molecule has 1 aromatic carbocycles. The van der Waals surface area contributed by atoms with Crippen LogP contribution < -0.4 is 5.43 Å². The van der Waals surface area contributed by atoms with Gasteiger partial charge in [0.2, 0.25) is 0 Å². The second-order valence-corrected chi connectivity index (χ2v) is 2.61. The van der Waals surface area contributed by atoms with Gasteiger partial charge in [-0.2, -0.15) is 0 Å². The Morgan fingerprint density at radius 3 is 2.67 bits per heavy atom. The average Bonchev–Trinajstić information content (AvgIpc) is 2.28. The van der Waals surface area contributed by atoms with Crippen LogP contribution in [0.25, 0.3) is 0 Å². The summed E-state index contributed by atoms with van der Waals surface area (Å²) in [6, 6.07) is 7.94. The van der Waals surface area contributed by atoms with E-state index in [1.807, 2.05) is 0 Å². The molecule has 1 aromatic rings. The van der Waals surface area contributed by atoms with E-state index in [9.17, 15) is 9.18 Å². The van der Waals surface area contributed by atoms with E-state index in [2.05, 4.69) is 0 Å².